The Hall–Kier alpha value is -0.970. The minimum absolute atomic E-state index is 0.0833. The van der Waals surface area contributed by atoms with E-state index in [0.29, 0.717) is 11.6 Å². The van der Waals surface area contributed by atoms with E-state index < -0.39 is 0 Å². The molecule has 1 aliphatic rings. The van der Waals surface area contributed by atoms with Crippen molar-refractivity contribution in [2.24, 2.45) is 5.92 Å². The summed E-state index contributed by atoms with van der Waals surface area (Å²) >= 11 is 1.49. The number of amides is 1. The first-order valence-electron chi connectivity index (χ1n) is 7.90. The van der Waals surface area contributed by atoms with Crippen LogP contribution < -0.4 is 5.32 Å². The molecule has 1 N–H and O–H groups in total. The summed E-state index contributed by atoms with van der Waals surface area (Å²) < 4.78 is 0. The molecule has 1 aliphatic carbocycles. The summed E-state index contributed by atoms with van der Waals surface area (Å²) in [6.45, 7) is 2.12. The van der Waals surface area contributed by atoms with Crippen LogP contribution in [0.2, 0.25) is 0 Å². The van der Waals surface area contributed by atoms with E-state index in [1.807, 2.05) is 0 Å². The standard InChI is InChI=1S/C15H25N3OS/c1-2-7-14-17-18-15(20-14)16-13(19)11-6-10-12-8-4-3-5-9-12/h12H,2-11H2,1H3,(H,16,18,19). The van der Waals surface area contributed by atoms with E-state index in [-0.39, 0.29) is 5.91 Å². The van der Waals surface area contributed by atoms with Crippen LogP contribution in [0.15, 0.2) is 0 Å². The number of rotatable bonds is 7. The van der Waals surface area contributed by atoms with Crippen LogP contribution in [0.1, 0.15) is 69.7 Å². The first-order valence-corrected chi connectivity index (χ1v) is 8.72. The van der Waals surface area contributed by atoms with Crippen LogP contribution in [0.4, 0.5) is 5.13 Å². The molecule has 1 saturated carbocycles. The predicted octanol–water partition coefficient (Wildman–Crippen LogP) is 4.18. The summed E-state index contributed by atoms with van der Waals surface area (Å²) in [7, 11) is 0. The summed E-state index contributed by atoms with van der Waals surface area (Å²) in [5.41, 5.74) is 0. The molecule has 1 amide bonds. The number of anilines is 1. The zero-order chi connectivity index (χ0) is 14.2. The molecule has 0 saturated heterocycles. The van der Waals surface area contributed by atoms with Gasteiger partial charge in [0.25, 0.3) is 0 Å². The minimum atomic E-state index is 0.0833. The van der Waals surface area contributed by atoms with Crippen molar-refractivity contribution in [1.82, 2.24) is 10.2 Å². The van der Waals surface area contributed by atoms with Crippen molar-refractivity contribution in [3.05, 3.63) is 5.01 Å². The van der Waals surface area contributed by atoms with Crippen molar-refractivity contribution in [2.45, 2.75) is 71.1 Å². The van der Waals surface area contributed by atoms with Gasteiger partial charge >= 0.3 is 0 Å². The van der Waals surface area contributed by atoms with Crippen LogP contribution in [-0.4, -0.2) is 16.1 Å². The van der Waals surface area contributed by atoms with Crippen molar-refractivity contribution in [1.29, 1.82) is 0 Å². The molecule has 1 heterocycles. The molecule has 0 unspecified atom stereocenters. The largest absolute Gasteiger partial charge is 0.301 e. The topological polar surface area (TPSA) is 54.9 Å². The van der Waals surface area contributed by atoms with Crippen molar-refractivity contribution in [2.75, 3.05) is 5.32 Å². The van der Waals surface area contributed by atoms with Crippen molar-refractivity contribution in [3.63, 3.8) is 0 Å². The smallest absolute Gasteiger partial charge is 0.226 e. The Morgan fingerprint density at radius 2 is 2.10 bits per heavy atom. The molecule has 4 nitrogen and oxygen atoms in total. The van der Waals surface area contributed by atoms with Crippen LogP contribution in [0, 0.1) is 5.92 Å². The molecule has 1 aromatic rings. The van der Waals surface area contributed by atoms with E-state index in [1.54, 1.807) is 0 Å². The molecule has 0 spiro atoms. The Morgan fingerprint density at radius 3 is 2.85 bits per heavy atom. The molecule has 0 bridgehead atoms. The van der Waals surface area contributed by atoms with Crippen molar-refractivity contribution in [3.8, 4) is 0 Å². The van der Waals surface area contributed by atoms with Gasteiger partial charge in [0.2, 0.25) is 11.0 Å². The van der Waals surface area contributed by atoms with E-state index in [2.05, 4.69) is 22.4 Å². The van der Waals surface area contributed by atoms with E-state index >= 15 is 0 Å². The first kappa shape index (κ1) is 15.4. The Labute approximate surface area is 125 Å². The van der Waals surface area contributed by atoms with Gasteiger partial charge in [0, 0.05) is 12.8 Å². The number of carbonyl (C=O) groups is 1. The third-order valence-corrected chi connectivity index (χ3v) is 4.82. The highest BCUT2D eigenvalue weighted by Crippen LogP contribution is 2.27. The molecule has 1 fully saturated rings. The number of aromatic nitrogens is 2. The molecule has 0 aliphatic heterocycles. The number of hydrogen-bond acceptors (Lipinski definition) is 4. The third kappa shape index (κ3) is 5.19. The van der Waals surface area contributed by atoms with Crippen LogP contribution >= 0.6 is 11.3 Å². The van der Waals surface area contributed by atoms with Gasteiger partial charge in [-0.3, -0.25) is 4.79 Å². The third-order valence-electron chi connectivity index (χ3n) is 3.92. The van der Waals surface area contributed by atoms with Gasteiger partial charge in [-0.05, 0) is 25.2 Å². The average Bonchev–Trinajstić information content (AvgIpc) is 2.88. The Morgan fingerprint density at radius 1 is 1.30 bits per heavy atom. The zero-order valence-corrected chi connectivity index (χ0v) is 13.2. The highest BCUT2D eigenvalue weighted by atomic mass is 32.1. The highest BCUT2D eigenvalue weighted by molar-refractivity contribution is 7.15. The van der Waals surface area contributed by atoms with E-state index in [1.165, 1.54) is 49.9 Å². The molecule has 0 radical (unpaired) electrons. The van der Waals surface area contributed by atoms with Crippen LogP contribution in [0.3, 0.4) is 0 Å². The fraction of sp³-hybridized carbons (Fsp3) is 0.800. The van der Waals surface area contributed by atoms with E-state index in [9.17, 15) is 4.79 Å². The second kappa shape index (κ2) is 8.35. The molecule has 112 valence electrons. The van der Waals surface area contributed by atoms with Crippen molar-refractivity contribution >= 4 is 22.4 Å². The lowest BCUT2D eigenvalue weighted by molar-refractivity contribution is -0.116. The number of nitrogens with one attached hydrogen (secondary N) is 1. The average molecular weight is 295 g/mol. The fourth-order valence-corrected chi connectivity index (χ4v) is 3.69. The van der Waals surface area contributed by atoms with Gasteiger partial charge in [0.15, 0.2) is 0 Å². The van der Waals surface area contributed by atoms with Gasteiger partial charge in [-0.1, -0.05) is 50.4 Å². The second-order valence-corrected chi connectivity index (χ2v) is 6.76. The lowest BCUT2D eigenvalue weighted by atomic mass is 9.86. The van der Waals surface area contributed by atoms with Crippen LogP contribution in [0.5, 0.6) is 0 Å². The summed E-state index contributed by atoms with van der Waals surface area (Å²) in [6.07, 6.45) is 11.7. The quantitative estimate of drug-likeness (QED) is 0.821. The summed E-state index contributed by atoms with van der Waals surface area (Å²) in [4.78, 5) is 11.8. The lowest BCUT2D eigenvalue weighted by Gasteiger charge is -2.20. The predicted molar refractivity (Wildman–Crippen MR) is 83.0 cm³/mol. The van der Waals surface area contributed by atoms with Gasteiger partial charge in [-0.2, -0.15) is 0 Å². The number of hydrogen-bond donors (Lipinski definition) is 1. The Bertz CT molecular complexity index is 413. The van der Waals surface area contributed by atoms with Gasteiger partial charge in [0.05, 0.1) is 0 Å². The van der Waals surface area contributed by atoms with E-state index in [4.69, 9.17) is 0 Å². The molecular formula is C15H25N3OS. The number of nitrogens with zero attached hydrogens (tertiary/aromatic N) is 2. The second-order valence-electron chi connectivity index (χ2n) is 5.70. The van der Waals surface area contributed by atoms with E-state index in [0.717, 1.165) is 30.2 Å². The van der Waals surface area contributed by atoms with Crippen molar-refractivity contribution < 1.29 is 4.79 Å². The van der Waals surface area contributed by atoms with Gasteiger partial charge < -0.3 is 5.32 Å². The van der Waals surface area contributed by atoms with Gasteiger partial charge in [0.1, 0.15) is 5.01 Å². The molecule has 2 rings (SSSR count). The normalized spacial score (nSPS) is 16.2. The SMILES string of the molecule is CCCc1nnc(NC(=O)CCCC2CCCCC2)s1. The lowest BCUT2D eigenvalue weighted by Crippen LogP contribution is -2.12. The highest BCUT2D eigenvalue weighted by Gasteiger charge is 2.14. The molecule has 0 atom stereocenters. The molecule has 0 aromatic carbocycles. The molecular weight excluding hydrogens is 270 g/mol. The number of aryl methyl sites for hydroxylation is 1. The van der Waals surface area contributed by atoms with Crippen LogP contribution in [0.25, 0.3) is 0 Å². The van der Waals surface area contributed by atoms with Crippen LogP contribution in [-0.2, 0) is 11.2 Å². The molecule has 5 heteroatoms. The maximum absolute atomic E-state index is 11.8. The Kier molecular flexibility index (Phi) is 6.43. The maximum Gasteiger partial charge on any atom is 0.226 e. The summed E-state index contributed by atoms with van der Waals surface area (Å²) in [5, 5.41) is 12.6. The molecule has 20 heavy (non-hydrogen) atoms. The number of carbonyl (C=O) groups excluding carboxylic acids is 1. The summed E-state index contributed by atoms with van der Waals surface area (Å²) in [6, 6.07) is 0. The van der Waals surface area contributed by atoms with Gasteiger partial charge in [-0.15, -0.1) is 10.2 Å². The monoisotopic (exact) mass is 295 g/mol. The Balaban J connectivity index is 1.64. The van der Waals surface area contributed by atoms with Gasteiger partial charge in [-0.25, -0.2) is 0 Å². The zero-order valence-electron chi connectivity index (χ0n) is 12.4. The minimum Gasteiger partial charge on any atom is -0.301 e. The fourth-order valence-electron chi connectivity index (χ4n) is 2.83. The first-order chi connectivity index (χ1) is 9.78. The molecule has 1 aromatic heterocycles. The maximum atomic E-state index is 11.8. The summed E-state index contributed by atoms with van der Waals surface area (Å²) in [5.74, 6) is 0.939.